The van der Waals surface area contributed by atoms with Gasteiger partial charge in [-0.1, -0.05) is 42.4 Å². The van der Waals surface area contributed by atoms with Crippen molar-refractivity contribution in [3.8, 4) is 5.75 Å². The number of aryl methyl sites for hydroxylation is 1. The molecule has 1 atom stereocenters. The molecule has 2 aromatic carbocycles. The van der Waals surface area contributed by atoms with Crippen LogP contribution in [0, 0.1) is 6.92 Å². The lowest BCUT2D eigenvalue weighted by Gasteiger charge is -2.20. The Kier molecular flexibility index (Phi) is 5.71. The van der Waals surface area contributed by atoms with Gasteiger partial charge in [-0.3, -0.25) is 0 Å². The maximum Gasteiger partial charge on any atom is 0.124 e. The number of methoxy groups -OCH3 is 1. The lowest BCUT2D eigenvalue weighted by Crippen LogP contribution is -2.19. The van der Waals surface area contributed by atoms with Crippen LogP contribution in [0.15, 0.2) is 52.3 Å². The molecule has 0 aliphatic heterocycles. The monoisotopic (exact) mass is 301 g/mol. The van der Waals surface area contributed by atoms with E-state index in [0.29, 0.717) is 0 Å². The first kappa shape index (κ1) is 15.9. The predicted molar refractivity (Wildman–Crippen MR) is 90.4 cm³/mol. The summed E-state index contributed by atoms with van der Waals surface area (Å²) in [4.78, 5) is 2.49. The summed E-state index contributed by atoms with van der Waals surface area (Å²) in [7, 11) is 1.73. The zero-order chi connectivity index (χ0) is 15.2. The molecule has 2 nitrogen and oxygen atoms in total. The molecule has 112 valence electrons. The van der Waals surface area contributed by atoms with Crippen molar-refractivity contribution in [1.82, 2.24) is 5.32 Å². The van der Waals surface area contributed by atoms with Crippen molar-refractivity contribution in [3.63, 3.8) is 0 Å². The predicted octanol–water partition coefficient (Wildman–Crippen LogP) is 4.83. The van der Waals surface area contributed by atoms with Crippen molar-refractivity contribution in [2.24, 2.45) is 0 Å². The van der Waals surface area contributed by atoms with Crippen molar-refractivity contribution in [2.45, 2.75) is 36.6 Å². The van der Waals surface area contributed by atoms with E-state index >= 15 is 0 Å². The van der Waals surface area contributed by atoms with Gasteiger partial charge in [-0.05, 0) is 44.7 Å². The molecule has 0 spiro atoms. The van der Waals surface area contributed by atoms with E-state index in [9.17, 15) is 0 Å². The van der Waals surface area contributed by atoms with Crippen LogP contribution in [0.4, 0.5) is 0 Å². The minimum absolute atomic E-state index is 0.263. The maximum atomic E-state index is 5.56. The third-order valence-electron chi connectivity index (χ3n) is 3.44. The van der Waals surface area contributed by atoms with E-state index in [1.54, 1.807) is 18.9 Å². The Morgan fingerprint density at radius 2 is 1.86 bits per heavy atom. The van der Waals surface area contributed by atoms with Gasteiger partial charge < -0.3 is 10.1 Å². The third kappa shape index (κ3) is 4.02. The van der Waals surface area contributed by atoms with Gasteiger partial charge >= 0.3 is 0 Å². The molecule has 0 radical (unpaired) electrons. The maximum absolute atomic E-state index is 5.56. The van der Waals surface area contributed by atoms with E-state index in [-0.39, 0.29) is 6.04 Å². The van der Waals surface area contributed by atoms with Crippen LogP contribution in [0.3, 0.4) is 0 Å². The Labute approximate surface area is 131 Å². The minimum atomic E-state index is 0.263. The highest BCUT2D eigenvalue weighted by molar-refractivity contribution is 7.99. The van der Waals surface area contributed by atoms with Gasteiger partial charge in [-0.2, -0.15) is 0 Å². The van der Waals surface area contributed by atoms with E-state index in [2.05, 4.69) is 62.5 Å². The molecule has 2 aromatic rings. The molecule has 3 heteroatoms. The van der Waals surface area contributed by atoms with E-state index in [0.717, 1.165) is 12.3 Å². The van der Waals surface area contributed by atoms with Crippen LogP contribution in [-0.4, -0.2) is 13.7 Å². The first-order chi connectivity index (χ1) is 10.2. The lowest BCUT2D eigenvalue weighted by molar-refractivity contribution is 0.400. The molecule has 1 N–H and O–H groups in total. The Morgan fingerprint density at radius 3 is 2.48 bits per heavy atom. The fourth-order valence-electron chi connectivity index (χ4n) is 2.36. The van der Waals surface area contributed by atoms with Crippen molar-refractivity contribution < 1.29 is 4.74 Å². The van der Waals surface area contributed by atoms with Gasteiger partial charge in [0.15, 0.2) is 0 Å². The third-order valence-corrected chi connectivity index (χ3v) is 4.52. The molecule has 0 heterocycles. The molecular weight excluding hydrogens is 278 g/mol. The Hall–Kier alpha value is -1.45. The molecular formula is C18H23NOS. The summed E-state index contributed by atoms with van der Waals surface area (Å²) in [6.07, 6.45) is 0. The highest BCUT2D eigenvalue weighted by atomic mass is 32.2. The molecule has 0 aliphatic rings. The molecule has 21 heavy (non-hydrogen) atoms. The second-order valence-electron chi connectivity index (χ2n) is 5.07. The van der Waals surface area contributed by atoms with Gasteiger partial charge in [0, 0.05) is 21.4 Å². The largest absolute Gasteiger partial charge is 0.496 e. The van der Waals surface area contributed by atoms with Crippen LogP contribution in [0.5, 0.6) is 5.75 Å². The zero-order valence-corrected chi connectivity index (χ0v) is 14.0. The molecule has 0 aliphatic carbocycles. The second kappa shape index (κ2) is 7.53. The summed E-state index contributed by atoms with van der Waals surface area (Å²) in [5.41, 5.74) is 2.51. The summed E-state index contributed by atoms with van der Waals surface area (Å²) in [5, 5.41) is 3.48. The molecule has 0 bridgehead atoms. The topological polar surface area (TPSA) is 21.3 Å². The van der Waals surface area contributed by atoms with Crippen molar-refractivity contribution >= 4 is 11.8 Å². The Balaban J connectivity index is 2.35. The highest BCUT2D eigenvalue weighted by Crippen LogP contribution is 2.38. The van der Waals surface area contributed by atoms with Gasteiger partial charge in [-0.25, -0.2) is 0 Å². The standard InChI is InChI=1S/C18H23NOS/c1-5-19-14(3)18-16(20-4)7-6-8-17(18)21-15-11-9-13(2)10-12-15/h6-12,14,19H,5H2,1-4H3. The SMILES string of the molecule is CCNC(C)c1c(OC)cccc1Sc1ccc(C)cc1. The number of hydrogen-bond acceptors (Lipinski definition) is 3. The van der Waals surface area contributed by atoms with Crippen LogP contribution >= 0.6 is 11.8 Å². The van der Waals surface area contributed by atoms with Gasteiger partial charge in [0.1, 0.15) is 5.75 Å². The van der Waals surface area contributed by atoms with E-state index in [1.165, 1.54) is 20.9 Å². The van der Waals surface area contributed by atoms with Crippen LogP contribution in [0.1, 0.15) is 31.0 Å². The number of hydrogen-bond donors (Lipinski definition) is 1. The quantitative estimate of drug-likeness (QED) is 0.826. The van der Waals surface area contributed by atoms with Crippen LogP contribution in [0.2, 0.25) is 0 Å². The number of ether oxygens (including phenoxy) is 1. The van der Waals surface area contributed by atoms with Crippen LogP contribution in [-0.2, 0) is 0 Å². The van der Waals surface area contributed by atoms with E-state index in [1.807, 2.05) is 6.07 Å². The van der Waals surface area contributed by atoms with Crippen LogP contribution < -0.4 is 10.1 Å². The molecule has 0 aromatic heterocycles. The van der Waals surface area contributed by atoms with Crippen molar-refractivity contribution in [3.05, 3.63) is 53.6 Å². The molecule has 0 fully saturated rings. The molecule has 2 rings (SSSR count). The summed E-state index contributed by atoms with van der Waals surface area (Å²) in [5.74, 6) is 0.945. The molecule has 0 amide bonds. The fraction of sp³-hybridized carbons (Fsp3) is 0.333. The molecule has 0 saturated carbocycles. The second-order valence-corrected chi connectivity index (χ2v) is 6.18. The average molecular weight is 301 g/mol. The van der Waals surface area contributed by atoms with Gasteiger partial charge in [0.25, 0.3) is 0 Å². The summed E-state index contributed by atoms with van der Waals surface area (Å²) in [6.45, 7) is 7.35. The zero-order valence-electron chi connectivity index (χ0n) is 13.1. The fourth-order valence-corrected chi connectivity index (χ4v) is 3.42. The Bertz CT molecular complexity index is 580. The van der Waals surface area contributed by atoms with Crippen molar-refractivity contribution in [1.29, 1.82) is 0 Å². The normalized spacial score (nSPS) is 12.2. The van der Waals surface area contributed by atoms with Gasteiger partial charge in [0.2, 0.25) is 0 Å². The minimum Gasteiger partial charge on any atom is -0.496 e. The number of benzene rings is 2. The van der Waals surface area contributed by atoms with E-state index < -0.39 is 0 Å². The highest BCUT2D eigenvalue weighted by Gasteiger charge is 2.16. The summed E-state index contributed by atoms with van der Waals surface area (Å²) < 4.78 is 5.56. The van der Waals surface area contributed by atoms with Crippen LogP contribution in [0.25, 0.3) is 0 Å². The number of rotatable bonds is 6. The molecule has 0 saturated heterocycles. The van der Waals surface area contributed by atoms with Gasteiger partial charge in [0.05, 0.1) is 7.11 Å². The Morgan fingerprint density at radius 1 is 1.14 bits per heavy atom. The molecule has 1 unspecified atom stereocenters. The van der Waals surface area contributed by atoms with E-state index in [4.69, 9.17) is 4.74 Å². The smallest absolute Gasteiger partial charge is 0.124 e. The first-order valence-corrected chi connectivity index (χ1v) is 8.12. The van der Waals surface area contributed by atoms with Crippen molar-refractivity contribution in [2.75, 3.05) is 13.7 Å². The van der Waals surface area contributed by atoms with Gasteiger partial charge in [-0.15, -0.1) is 0 Å². The summed E-state index contributed by atoms with van der Waals surface area (Å²) >= 11 is 1.79. The lowest BCUT2D eigenvalue weighted by atomic mass is 10.1. The first-order valence-electron chi connectivity index (χ1n) is 7.30. The summed E-state index contributed by atoms with van der Waals surface area (Å²) in [6, 6.07) is 15.1. The average Bonchev–Trinajstić information content (AvgIpc) is 2.49. The number of nitrogens with one attached hydrogen (secondary N) is 1.